The van der Waals surface area contributed by atoms with E-state index in [0.29, 0.717) is 67.7 Å². The highest BCUT2D eigenvalue weighted by Crippen LogP contribution is 2.49. The number of amides is 1. The number of fused-ring (bicyclic) bond motifs is 2. The van der Waals surface area contributed by atoms with Gasteiger partial charge in [-0.1, -0.05) is 0 Å². The van der Waals surface area contributed by atoms with Gasteiger partial charge in [0.25, 0.3) is 0 Å². The van der Waals surface area contributed by atoms with Crippen molar-refractivity contribution in [1.82, 2.24) is 14.7 Å². The van der Waals surface area contributed by atoms with Gasteiger partial charge in [0.15, 0.2) is 0 Å². The Hall–Kier alpha value is -2.53. The number of aromatic nitrogens is 2. The second-order valence-electron chi connectivity index (χ2n) is 7.88. The molecule has 0 atom stereocenters. The first-order valence-corrected chi connectivity index (χ1v) is 10.8. The minimum absolute atomic E-state index is 0.0887. The van der Waals surface area contributed by atoms with Crippen LogP contribution in [-0.2, 0) is 39.2 Å². The van der Waals surface area contributed by atoms with E-state index < -0.39 is 11.8 Å². The monoisotopic (exact) mass is 455 g/mol. The number of rotatable bonds is 6. The number of hydrogen-bond donors (Lipinski definition) is 0. The van der Waals surface area contributed by atoms with Crippen LogP contribution in [0.3, 0.4) is 0 Å². The molecule has 3 heterocycles. The normalized spacial score (nSPS) is 18.5. The number of piperidine rings is 1. The van der Waals surface area contributed by atoms with E-state index in [1.807, 2.05) is 6.20 Å². The van der Waals surface area contributed by atoms with Gasteiger partial charge >= 0.3 is 18.0 Å². The Morgan fingerprint density at radius 1 is 1.26 bits per heavy atom. The number of ether oxygens (including phenoxy) is 1. The van der Waals surface area contributed by atoms with E-state index in [4.69, 9.17) is 0 Å². The quantitative estimate of drug-likeness (QED) is 0.627. The highest BCUT2D eigenvalue weighted by molar-refractivity contribution is 7.65. The highest BCUT2D eigenvalue weighted by atomic mass is 32.1. The number of anilines is 1. The molecule has 0 N–H and O–H groups in total. The molecule has 11 heteroatoms. The Morgan fingerprint density at radius 3 is 2.68 bits per heavy atom. The van der Waals surface area contributed by atoms with E-state index >= 15 is 0 Å². The third kappa shape index (κ3) is 4.29. The molecule has 0 bridgehead atoms. The number of nitrogens with zero attached hydrogens (tertiary/aromatic N) is 4. The van der Waals surface area contributed by atoms with Crippen molar-refractivity contribution in [2.24, 2.45) is 0 Å². The molecule has 1 fully saturated rings. The number of likely N-dealkylation sites (N-methyl/N-ethyl adjacent to an activating group) is 1. The van der Waals surface area contributed by atoms with Crippen molar-refractivity contribution in [2.45, 2.75) is 37.7 Å². The smallest absolute Gasteiger partial charge is 0.406 e. The fourth-order valence-corrected chi connectivity index (χ4v) is 4.77. The van der Waals surface area contributed by atoms with Crippen LogP contribution in [0.5, 0.6) is 5.75 Å². The van der Waals surface area contributed by atoms with Crippen LogP contribution >= 0.6 is 0 Å². The van der Waals surface area contributed by atoms with E-state index in [1.165, 1.54) is 23.1 Å². The Bertz CT molecular complexity index is 986. The number of carbonyl (C=O) groups excluding carboxylic acids is 1. The third-order valence-corrected chi connectivity index (χ3v) is 6.35. The lowest BCUT2D eigenvalue weighted by atomic mass is 9.73. The molecule has 7 nitrogen and oxygen atoms in total. The Labute approximate surface area is 181 Å². The summed E-state index contributed by atoms with van der Waals surface area (Å²) >= 11 is 0.522. The van der Waals surface area contributed by atoms with E-state index in [0.717, 1.165) is 5.56 Å². The van der Waals surface area contributed by atoms with Crippen LogP contribution in [-0.4, -0.2) is 52.8 Å². The number of benzene rings is 1. The van der Waals surface area contributed by atoms with Crippen LogP contribution in [0, 0.1) is 0 Å². The molecule has 1 amide bonds. The van der Waals surface area contributed by atoms with Crippen LogP contribution in [0.2, 0.25) is 0 Å². The van der Waals surface area contributed by atoms with Crippen molar-refractivity contribution < 1.29 is 26.9 Å². The number of likely N-dealkylation sites (tertiary alicyclic amines) is 1. The van der Waals surface area contributed by atoms with Crippen molar-refractivity contribution in [3.63, 3.8) is 0 Å². The van der Waals surface area contributed by atoms with Gasteiger partial charge in [0.1, 0.15) is 5.75 Å². The number of hydrogen-bond acceptors (Lipinski definition) is 5. The molecule has 2 aliphatic rings. The van der Waals surface area contributed by atoms with Gasteiger partial charge in [0.2, 0.25) is 11.7 Å². The molecule has 1 saturated heterocycles. The van der Waals surface area contributed by atoms with E-state index in [-0.39, 0.29) is 11.7 Å². The SMILES string of the molecule is CN1C(=O)C2(CCN(Cc3cnn(CC[S+]=O)c3)CC2)c2cc(OC(F)(F)F)ccc21. The first-order valence-electron chi connectivity index (χ1n) is 9.89. The Balaban J connectivity index is 1.49. The fraction of sp³-hybridized carbons (Fsp3) is 0.500. The molecule has 1 spiro atoms. The van der Waals surface area contributed by atoms with Crippen molar-refractivity contribution in [3.05, 3.63) is 41.7 Å². The van der Waals surface area contributed by atoms with Crippen molar-refractivity contribution in [1.29, 1.82) is 0 Å². The predicted molar refractivity (Wildman–Crippen MR) is 108 cm³/mol. The molecule has 0 saturated carbocycles. The molecule has 0 radical (unpaired) electrons. The van der Waals surface area contributed by atoms with Crippen LogP contribution in [0.25, 0.3) is 0 Å². The number of halogens is 3. The van der Waals surface area contributed by atoms with Crippen molar-refractivity contribution in [3.8, 4) is 5.75 Å². The summed E-state index contributed by atoms with van der Waals surface area (Å²) in [6.45, 7) is 2.47. The summed E-state index contributed by atoms with van der Waals surface area (Å²) < 4.78 is 54.4. The topological polar surface area (TPSA) is 67.7 Å². The van der Waals surface area contributed by atoms with E-state index in [9.17, 15) is 22.2 Å². The molecule has 4 rings (SSSR count). The van der Waals surface area contributed by atoms with Crippen LogP contribution in [0.15, 0.2) is 30.6 Å². The number of carbonyl (C=O) groups is 1. The lowest BCUT2D eigenvalue weighted by molar-refractivity contribution is -0.274. The molecule has 2 aromatic rings. The van der Waals surface area contributed by atoms with Gasteiger partial charge in [-0.25, -0.2) is 0 Å². The van der Waals surface area contributed by atoms with Crippen molar-refractivity contribution >= 4 is 23.3 Å². The summed E-state index contributed by atoms with van der Waals surface area (Å²) in [5.74, 6) is 0.0525. The summed E-state index contributed by atoms with van der Waals surface area (Å²) in [6.07, 6.45) is -0.0785. The van der Waals surface area contributed by atoms with E-state index in [2.05, 4.69) is 14.7 Å². The highest BCUT2D eigenvalue weighted by Gasteiger charge is 2.51. The zero-order valence-electron chi connectivity index (χ0n) is 16.9. The third-order valence-electron chi connectivity index (χ3n) is 6.00. The molecular formula is C20H22F3N4O3S+. The van der Waals surface area contributed by atoms with Gasteiger partial charge in [0, 0.05) is 35.2 Å². The molecule has 31 heavy (non-hydrogen) atoms. The average Bonchev–Trinajstić information content (AvgIpc) is 3.24. The minimum atomic E-state index is -4.78. The second kappa shape index (κ2) is 8.19. The molecule has 1 aromatic heterocycles. The van der Waals surface area contributed by atoms with Gasteiger partial charge in [-0.3, -0.25) is 14.4 Å². The summed E-state index contributed by atoms with van der Waals surface area (Å²) in [4.78, 5) is 16.8. The summed E-state index contributed by atoms with van der Waals surface area (Å²) in [5.41, 5.74) is 1.42. The molecule has 2 aliphatic heterocycles. The Kier molecular flexibility index (Phi) is 5.73. The van der Waals surface area contributed by atoms with Gasteiger partial charge in [-0.2, -0.15) is 5.10 Å². The second-order valence-corrected chi connectivity index (χ2v) is 8.53. The molecule has 0 aliphatic carbocycles. The summed E-state index contributed by atoms with van der Waals surface area (Å²) in [7, 11) is 1.65. The van der Waals surface area contributed by atoms with Crippen LogP contribution < -0.4 is 9.64 Å². The summed E-state index contributed by atoms with van der Waals surface area (Å²) in [5, 5.41) is 4.25. The maximum absolute atomic E-state index is 13.1. The molecule has 0 unspecified atom stereocenters. The molecular weight excluding hydrogens is 433 g/mol. The number of alkyl halides is 3. The van der Waals surface area contributed by atoms with Crippen molar-refractivity contribution in [2.75, 3.05) is 30.8 Å². The van der Waals surface area contributed by atoms with Gasteiger partial charge in [0.05, 0.1) is 18.2 Å². The van der Waals surface area contributed by atoms with E-state index in [1.54, 1.807) is 17.9 Å². The van der Waals surface area contributed by atoms with Gasteiger partial charge < -0.3 is 9.64 Å². The average molecular weight is 455 g/mol. The predicted octanol–water partition coefficient (Wildman–Crippen LogP) is 2.72. The van der Waals surface area contributed by atoms with Crippen LogP contribution in [0.4, 0.5) is 18.9 Å². The first-order chi connectivity index (χ1) is 14.7. The zero-order chi connectivity index (χ0) is 22.2. The summed E-state index contributed by atoms with van der Waals surface area (Å²) in [6, 6.07) is 4.12. The van der Waals surface area contributed by atoms with Gasteiger partial charge in [-0.15, -0.1) is 13.2 Å². The standard InChI is InChI=1S/C20H22F3N4O3S/c1-25-17-3-2-15(30-20(21,22)23)10-16(17)19(18(25)28)4-6-26(7-5-19)12-14-11-24-27(13-14)8-9-31-29/h2-3,10-11,13H,4-9,12H2,1H3/q+1. The maximum atomic E-state index is 13.1. The molecule has 1 aromatic carbocycles. The zero-order valence-corrected chi connectivity index (χ0v) is 17.7. The van der Waals surface area contributed by atoms with Gasteiger partial charge in [-0.05, 0) is 49.7 Å². The minimum Gasteiger partial charge on any atom is -0.406 e. The van der Waals surface area contributed by atoms with Crippen LogP contribution in [0.1, 0.15) is 24.0 Å². The number of aryl methyl sites for hydroxylation is 1. The maximum Gasteiger partial charge on any atom is 0.573 e. The largest absolute Gasteiger partial charge is 0.573 e. The molecule has 166 valence electrons. The lowest BCUT2D eigenvalue weighted by Gasteiger charge is -2.38. The first kappa shape index (κ1) is 21.7. The lowest BCUT2D eigenvalue weighted by Crippen LogP contribution is -2.47. The fourth-order valence-electron chi connectivity index (χ4n) is 4.51. The Morgan fingerprint density at radius 2 is 2.00 bits per heavy atom.